The fourth-order valence-electron chi connectivity index (χ4n) is 1.79. The maximum absolute atomic E-state index is 12.1. The second kappa shape index (κ2) is 6.10. The molecule has 1 amide bonds. The number of amides is 1. The monoisotopic (exact) mass is 270 g/mol. The molecular formula is C16H18N2O2. The molecule has 0 spiro atoms. The lowest BCUT2D eigenvalue weighted by Crippen LogP contribution is -2.30. The summed E-state index contributed by atoms with van der Waals surface area (Å²) in [7, 11) is 0. The highest BCUT2D eigenvalue weighted by Crippen LogP contribution is 2.18. The van der Waals surface area contributed by atoms with Gasteiger partial charge in [0.15, 0.2) is 6.10 Å². The minimum Gasteiger partial charge on any atom is -0.481 e. The summed E-state index contributed by atoms with van der Waals surface area (Å²) < 4.78 is 5.67. The van der Waals surface area contributed by atoms with Crippen molar-refractivity contribution in [3.05, 3.63) is 54.1 Å². The normalized spacial score (nSPS) is 11.7. The van der Waals surface area contributed by atoms with E-state index in [0.29, 0.717) is 17.1 Å². The number of ether oxygens (including phenoxy) is 1. The Kier molecular flexibility index (Phi) is 4.25. The van der Waals surface area contributed by atoms with E-state index in [0.717, 1.165) is 5.56 Å². The number of anilines is 2. The highest BCUT2D eigenvalue weighted by molar-refractivity contribution is 5.94. The van der Waals surface area contributed by atoms with E-state index in [4.69, 9.17) is 10.5 Å². The molecule has 0 bridgehead atoms. The summed E-state index contributed by atoms with van der Waals surface area (Å²) in [4.78, 5) is 12.1. The fourth-order valence-corrected chi connectivity index (χ4v) is 1.79. The van der Waals surface area contributed by atoms with Gasteiger partial charge in [0.1, 0.15) is 5.75 Å². The smallest absolute Gasteiger partial charge is 0.265 e. The van der Waals surface area contributed by atoms with Crippen molar-refractivity contribution in [1.82, 2.24) is 0 Å². The number of aryl methyl sites for hydroxylation is 1. The number of carbonyl (C=O) groups excluding carboxylic acids is 1. The summed E-state index contributed by atoms with van der Waals surface area (Å²) in [6.45, 7) is 3.66. The maximum atomic E-state index is 12.1. The van der Waals surface area contributed by atoms with Crippen LogP contribution in [0.4, 0.5) is 11.4 Å². The topological polar surface area (TPSA) is 64.3 Å². The van der Waals surface area contributed by atoms with Gasteiger partial charge in [0.2, 0.25) is 0 Å². The van der Waals surface area contributed by atoms with Crippen LogP contribution in [0.25, 0.3) is 0 Å². The molecule has 2 aromatic rings. The maximum Gasteiger partial charge on any atom is 0.265 e. The Morgan fingerprint density at radius 3 is 2.65 bits per heavy atom. The quantitative estimate of drug-likeness (QED) is 0.839. The molecule has 0 radical (unpaired) electrons. The first-order valence-electron chi connectivity index (χ1n) is 6.45. The second-order valence-electron chi connectivity index (χ2n) is 4.64. The molecule has 0 fully saturated rings. The Balaban J connectivity index is 2.01. The minimum absolute atomic E-state index is 0.209. The lowest BCUT2D eigenvalue weighted by atomic mass is 10.2. The summed E-state index contributed by atoms with van der Waals surface area (Å²) in [5, 5.41) is 2.78. The fraction of sp³-hybridized carbons (Fsp3) is 0.188. The number of benzene rings is 2. The van der Waals surface area contributed by atoms with Crippen LogP contribution >= 0.6 is 0 Å². The summed E-state index contributed by atoms with van der Waals surface area (Å²) in [6, 6.07) is 14.6. The first-order chi connectivity index (χ1) is 9.56. The van der Waals surface area contributed by atoms with Crippen molar-refractivity contribution in [2.75, 3.05) is 11.1 Å². The van der Waals surface area contributed by atoms with Gasteiger partial charge in [-0.05, 0) is 43.7 Å². The van der Waals surface area contributed by atoms with Gasteiger partial charge < -0.3 is 15.8 Å². The third-order valence-corrected chi connectivity index (χ3v) is 2.92. The van der Waals surface area contributed by atoms with Crippen molar-refractivity contribution in [1.29, 1.82) is 0 Å². The predicted molar refractivity (Wildman–Crippen MR) is 80.8 cm³/mol. The predicted octanol–water partition coefficient (Wildman–Crippen LogP) is 2.98. The van der Waals surface area contributed by atoms with Crippen LogP contribution in [-0.4, -0.2) is 12.0 Å². The van der Waals surface area contributed by atoms with E-state index in [2.05, 4.69) is 5.32 Å². The number of nitrogens with two attached hydrogens (primary N) is 1. The first kappa shape index (κ1) is 13.9. The molecule has 2 rings (SSSR count). The summed E-state index contributed by atoms with van der Waals surface area (Å²) >= 11 is 0. The molecule has 3 N–H and O–H groups in total. The molecule has 0 unspecified atom stereocenters. The Labute approximate surface area is 118 Å². The molecule has 2 aromatic carbocycles. The number of carbonyl (C=O) groups is 1. The van der Waals surface area contributed by atoms with Gasteiger partial charge in [-0.2, -0.15) is 0 Å². The minimum atomic E-state index is -0.586. The molecule has 4 nitrogen and oxygen atoms in total. The summed E-state index contributed by atoms with van der Waals surface area (Å²) in [6.07, 6.45) is -0.586. The van der Waals surface area contributed by atoms with Gasteiger partial charge in [-0.25, -0.2) is 0 Å². The number of para-hydroxylation sites is 1. The van der Waals surface area contributed by atoms with Crippen molar-refractivity contribution in [2.45, 2.75) is 20.0 Å². The number of rotatable bonds is 4. The summed E-state index contributed by atoms with van der Waals surface area (Å²) in [5.74, 6) is 0.501. The highest BCUT2D eigenvalue weighted by atomic mass is 16.5. The van der Waals surface area contributed by atoms with Crippen LogP contribution < -0.4 is 15.8 Å². The van der Waals surface area contributed by atoms with Crippen LogP contribution in [0.5, 0.6) is 5.75 Å². The van der Waals surface area contributed by atoms with Crippen LogP contribution in [0.3, 0.4) is 0 Å². The molecule has 20 heavy (non-hydrogen) atoms. The van der Waals surface area contributed by atoms with Crippen LogP contribution in [0.15, 0.2) is 48.5 Å². The zero-order valence-corrected chi connectivity index (χ0v) is 11.6. The van der Waals surface area contributed by atoms with Crippen molar-refractivity contribution in [2.24, 2.45) is 0 Å². The van der Waals surface area contributed by atoms with Crippen molar-refractivity contribution < 1.29 is 9.53 Å². The van der Waals surface area contributed by atoms with Crippen molar-refractivity contribution >= 4 is 17.3 Å². The van der Waals surface area contributed by atoms with Gasteiger partial charge in [-0.3, -0.25) is 4.79 Å². The van der Waals surface area contributed by atoms with Gasteiger partial charge in [0, 0.05) is 11.4 Å². The molecule has 0 aromatic heterocycles. The van der Waals surface area contributed by atoms with E-state index in [9.17, 15) is 4.79 Å². The van der Waals surface area contributed by atoms with E-state index < -0.39 is 6.10 Å². The SMILES string of the molecule is Cc1ccccc1O[C@H](C)C(=O)Nc1cccc(N)c1. The Morgan fingerprint density at radius 2 is 1.95 bits per heavy atom. The zero-order valence-electron chi connectivity index (χ0n) is 11.6. The first-order valence-corrected chi connectivity index (χ1v) is 6.45. The van der Waals surface area contributed by atoms with Gasteiger partial charge in [-0.15, -0.1) is 0 Å². The zero-order chi connectivity index (χ0) is 14.5. The van der Waals surface area contributed by atoms with E-state index in [-0.39, 0.29) is 5.91 Å². The average molecular weight is 270 g/mol. The third-order valence-electron chi connectivity index (χ3n) is 2.92. The lowest BCUT2D eigenvalue weighted by molar-refractivity contribution is -0.122. The number of nitrogens with one attached hydrogen (secondary N) is 1. The average Bonchev–Trinajstić information content (AvgIpc) is 2.41. The van der Waals surface area contributed by atoms with E-state index in [1.807, 2.05) is 31.2 Å². The summed E-state index contributed by atoms with van der Waals surface area (Å²) in [5.41, 5.74) is 7.94. The van der Waals surface area contributed by atoms with Crippen LogP contribution in [0.1, 0.15) is 12.5 Å². The standard InChI is InChI=1S/C16H18N2O2/c1-11-6-3-4-9-15(11)20-12(2)16(19)18-14-8-5-7-13(17)10-14/h3-10,12H,17H2,1-2H3,(H,18,19)/t12-/m1/s1. The van der Waals surface area contributed by atoms with Gasteiger partial charge in [0.05, 0.1) is 0 Å². The molecule has 0 aliphatic heterocycles. The molecule has 0 aliphatic carbocycles. The van der Waals surface area contributed by atoms with Gasteiger partial charge in [0.25, 0.3) is 5.91 Å². The van der Waals surface area contributed by atoms with Gasteiger partial charge >= 0.3 is 0 Å². The molecule has 0 heterocycles. The van der Waals surface area contributed by atoms with Crippen LogP contribution in [0, 0.1) is 6.92 Å². The van der Waals surface area contributed by atoms with Crippen molar-refractivity contribution in [3.63, 3.8) is 0 Å². The van der Waals surface area contributed by atoms with E-state index in [1.165, 1.54) is 0 Å². The van der Waals surface area contributed by atoms with Crippen LogP contribution in [-0.2, 0) is 4.79 Å². The lowest BCUT2D eigenvalue weighted by Gasteiger charge is -2.16. The second-order valence-corrected chi connectivity index (χ2v) is 4.64. The van der Waals surface area contributed by atoms with E-state index >= 15 is 0 Å². The molecule has 0 aliphatic rings. The largest absolute Gasteiger partial charge is 0.481 e. The van der Waals surface area contributed by atoms with Gasteiger partial charge in [-0.1, -0.05) is 24.3 Å². The number of nitrogen functional groups attached to an aromatic ring is 1. The molecular weight excluding hydrogens is 252 g/mol. The Hall–Kier alpha value is -2.49. The molecule has 1 atom stereocenters. The van der Waals surface area contributed by atoms with Crippen molar-refractivity contribution in [3.8, 4) is 5.75 Å². The molecule has 104 valence electrons. The highest BCUT2D eigenvalue weighted by Gasteiger charge is 2.15. The molecule has 0 saturated carbocycles. The number of hydrogen-bond donors (Lipinski definition) is 2. The molecule has 4 heteroatoms. The van der Waals surface area contributed by atoms with E-state index in [1.54, 1.807) is 31.2 Å². The molecule has 0 saturated heterocycles. The Bertz CT molecular complexity index is 611. The Morgan fingerprint density at radius 1 is 1.20 bits per heavy atom. The van der Waals surface area contributed by atoms with Crippen LogP contribution in [0.2, 0.25) is 0 Å². The third kappa shape index (κ3) is 3.51. The number of hydrogen-bond acceptors (Lipinski definition) is 3.